The number of thiophene rings is 1. The molecule has 0 saturated carbocycles. The van der Waals surface area contributed by atoms with E-state index in [1.165, 1.54) is 37.7 Å². The Morgan fingerprint density at radius 2 is 2.09 bits per heavy atom. The first-order valence-corrected chi connectivity index (χ1v) is 14.3. The minimum atomic E-state index is -3.55. The Labute approximate surface area is 207 Å². The highest BCUT2D eigenvalue weighted by Gasteiger charge is 2.33. The normalized spacial score (nSPS) is 17.7. The van der Waals surface area contributed by atoms with Gasteiger partial charge in [-0.15, -0.1) is 11.3 Å². The van der Waals surface area contributed by atoms with E-state index in [1.807, 2.05) is 0 Å². The van der Waals surface area contributed by atoms with Crippen LogP contribution in [0, 0.1) is 5.92 Å². The molecule has 1 aromatic carbocycles. The molecule has 188 valence electrons. The van der Waals surface area contributed by atoms with E-state index in [-0.39, 0.29) is 6.04 Å². The molecule has 1 amide bonds. The van der Waals surface area contributed by atoms with Crippen LogP contribution in [-0.2, 0) is 16.4 Å². The molecule has 2 aromatic rings. The fraction of sp³-hybridized carbons (Fsp3) is 0.560. The molecule has 7 nitrogen and oxygen atoms in total. The number of hydrogen-bond acceptors (Lipinski definition) is 6. The first kappa shape index (κ1) is 26.7. The van der Waals surface area contributed by atoms with Crippen molar-refractivity contribution in [3.8, 4) is 5.75 Å². The van der Waals surface area contributed by atoms with Crippen molar-refractivity contribution < 1.29 is 17.9 Å². The van der Waals surface area contributed by atoms with Crippen molar-refractivity contribution in [3.63, 3.8) is 0 Å². The van der Waals surface area contributed by atoms with Gasteiger partial charge in [-0.1, -0.05) is 39.2 Å². The molecular weight excluding hydrogens is 470 g/mol. The van der Waals surface area contributed by atoms with Gasteiger partial charge in [0.25, 0.3) is 10.0 Å². The number of ether oxygens (including phenoxy) is 1. The molecule has 2 heterocycles. The number of primary amides is 1. The molecule has 9 heteroatoms. The molecule has 2 atom stereocenters. The Bertz CT molecular complexity index is 1070. The summed E-state index contributed by atoms with van der Waals surface area (Å²) in [5.41, 5.74) is 6.59. The Hall–Kier alpha value is -1.94. The number of rotatable bonds is 13. The number of amides is 1. The van der Waals surface area contributed by atoms with Crippen LogP contribution in [0.1, 0.15) is 66.8 Å². The first-order chi connectivity index (χ1) is 16.3. The molecule has 0 aliphatic carbocycles. The molecule has 3 rings (SSSR count). The Balaban J connectivity index is 1.66. The summed E-state index contributed by atoms with van der Waals surface area (Å²) in [7, 11) is -2.01. The number of methoxy groups -OCH3 is 1. The van der Waals surface area contributed by atoms with Gasteiger partial charge in [-0.3, -0.25) is 4.79 Å². The molecule has 1 aliphatic rings. The van der Waals surface area contributed by atoms with Crippen molar-refractivity contribution in [1.82, 2.24) is 9.62 Å². The quantitative estimate of drug-likeness (QED) is 0.426. The predicted molar refractivity (Wildman–Crippen MR) is 137 cm³/mol. The minimum absolute atomic E-state index is 0.191. The Morgan fingerprint density at radius 3 is 2.76 bits per heavy atom. The molecule has 0 spiro atoms. The SMILES string of the molecule is CCCCC(CC)CNC1CCN(S(=O)(=O)c2ccc(Cc3c(OC)cccc3C(N)=O)s2)C1. The number of nitrogens with one attached hydrogen (secondary N) is 1. The summed E-state index contributed by atoms with van der Waals surface area (Å²) in [5, 5.41) is 3.60. The summed E-state index contributed by atoms with van der Waals surface area (Å²) < 4.78 is 33.9. The zero-order valence-electron chi connectivity index (χ0n) is 20.4. The van der Waals surface area contributed by atoms with Crippen molar-refractivity contribution in [1.29, 1.82) is 0 Å². The van der Waals surface area contributed by atoms with Gasteiger partial charge >= 0.3 is 0 Å². The average Bonchev–Trinajstić information content (AvgIpc) is 3.50. The van der Waals surface area contributed by atoms with Gasteiger partial charge in [-0.05, 0) is 49.6 Å². The molecule has 1 aliphatic heterocycles. The van der Waals surface area contributed by atoms with Crippen molar-refractivity contribution in [2.75, 3.05) is 26.7 Å². The Morgan fingerprint density at radius 1 is 1.29 bits per heavy atom. The summed E-state index contributed by atoms with van der Waals surface area (Å²) in [4.78, 5) is 12.7. The van der Waals surface area contributed by atoms with Crippen LogP contribution >= 0.6 is 11.3 Å². The molecule has 34 heavy (non-hydrogen) atoms. The monoisotopic (exact) mass is 507 g/mol. The molecule has 3 N–H and O–H groups in total. The maximum Gasteiger partial charge on any atom is 0.252 e. The molecule has 1 fully saturated rings. The third-order valence-electron chi connectivity index (χ3n) is 6.59. The van der Waals surface area contributed by atoms with Crippen LogP contribution < -0.4 is 15.8 Å². The number of nitrogens with zero attached hydrogens (tertiary/aromatic N) is 1. The van der Waals surface area contributed by atoms with Crippen LogP contribution in [-0.4, -0.2) is 51.4 Å². The number of sulfonamides is 1. The second kappa shape index (κ2) is 12.2. The summed E-state index contributed by atoms with van der Waals surface area (Å²) in [6.45, 7) is 6.40. The van der Waals surface area contributed by atoms with Gasteiger partial charge < -0.3 is 15.8 Å². The van der Waals surface area contributed by atoms with E-state index < -0.39 is 15.9 Å². The molecular formula is C25H37N3O4S2. The van der Waals surface area contributed by atoms with E-state index >= 15 is 0 Å². The van der Waals surface area contributed by atoms with Crippen LogP contribution in [0.4, 0.5) is 0 Å². The number of hydrogen-bond donors (Lipinski definition) is 2. The van der Waals surface area contributed by atoms with Crippen molar-refractivity contribution in [2.45, 2.75) is 62.6 Å². The van der Waals surface area contributed by atoms with Gasteiger partial charge in [0.1, 0.15) is 9.96 Å². The molecule has 0 radical (unpaired) electrons. The average molecular weight is 508 g/mol. The Kier molecular flexibility index (Phi) is 9.53. The van der Waals surface area contributed by atoms with Crippen LogP contribution in [0.2, 0.25) is 0 Å². The molecule has 0 bridgehead atoms. The third kappa shape index (κ3) is 6.38. The number of nitrogens with two attached hydrogens (primary N) is 1. The molecule has 2 unspecified atom stereocenters. The maximum absolute atomic E-state index is 13.3. The second-order valence-corrected chi connectivity index (χ2v) is 12.3. The van der Waals surface area contributed by atoms with E-state index in [4.69, 9.17) is 10.5 Å². The highest BCUT2D eigenvalue weighted by molar-refractivity contribution is 7.91. The molecule has 1 saturated heterocycles. The first-order valence-electron chi connectivity index (χ1n) is 12.1. The lowest BCUT2D eigenvalue weighted by molar-refractivity contribution is 0.0999. The van der Waals surface area contributed by atoms with Gasteiger partial charge in [0.2, 0.25) is 5.91 Å². The van der Waals surface area contributed by atoms with E-state index in [2.05, 4.69) is 19.2 Å². The van der Waals surface area contributed by atoms with Gasteiger partial charge in [0.15, 0.2) is 0 Å². The van der Waals surface area contributed by atoms with E-state index in [0.717, 1.165) is 24.3 Å². The van der Waals surface area contributed by atoms with E-state index in [1.54, 1.807) is 34.6 Å². The zero-order chi connectivity index (χ0) is 24.7. The van der Waals surface area contributed by atoms with Gasteiger partial charge in [-0.2, -0.15) is 4.31 Å². The third-order valence-corrected chi connectivity index (χ3v) is 10.0. The highest BCUT2D eigenvalue weighted by atomic mass is 32.2. The summed E-state index contributed by atoms with van der Waals surface area (Å²) in [5.74, 6) is 0.673. The summed E-state index contributed by atoms with van der Waals surface area (Å²) in [6.07, 6.45) is 6.00. The van der Waals surface area contributed by atoms with Crippen molar-refractivity contribution in [3.05, 3.63) is 46.3 Å². The standard InChI is InChI=1S/C25H37N3O4S2/c1-4-6-8-18(5-2)16-27-19-13-14-28(17-19)34(30,31)24-12-11-20(33-24)15-22-21(25(26)29)9-7-10-23(22)32-3/h7,9-12,18-19,27H,4-6,8,13-17H2,1-3H3,(H2,26,29). The van der Waals surface area contributed by atoms with E-state index in [9.17, 15) is 13.2 Å². The lowest BCUT2D eigenvalue weighted by atomic mass is 9.99. The minimum Gasteiger partial charge on any atom is -0.496 e. The van der Waals surface area contributed by atoms with Crippen molar-refractivity contribution in [2.24, 2.45) is 11.7 Å². The fourth-order valence-corrected chi connectivity index (χ4v) is 7.48. The number of carbonyl (C=O) groups is 1. The number of unbranched alkanes of at least 4 members (excludes halogenated alkanes) is 1. The zero-order valence-corrected chi connectivity index (χ0v) is 22.0. The summed E-state index contributed by atoms with van der Waals surface area (Å²) in [6, 6.07) is 8.81. The smallest absolute Gasteiger partial charge is 0.252 e. The van der Waals surface area contributed by atoms with Crippen LogP contribution in [0.5, 0.6) is 5.75 Å². The predicted octanol–water partition coefficient (Wildman–Crippen LogP) is 4.02. The van der Waals surface area contributed by atoms with Gasteiger partial charge in [-0.25, -0.2) is 8.42 Å². The van der Waals surface area contributed by atoms with Gasteiger partial charge in [0.05, 0.1) is 7.11 Å². The van der Waals surface area contributed by atoms with E-state index in [0.29, 0.717) is 46.5 Å². The van der Waals surface area contributed by atoms with Crippen molar-refractivity contribution >= 4 is 27.3 Å². The maximum atomic E-state index is 13.3. The van der Waals surface area contributed by atoms with Crippen LogP contribution in [0.25, 0.3) is 0 Å². The lowest BCUT2D eigenvalue weighted by Crippen LogP contribution is -2.37. The van der Waals surface area contributed by atoms with Gasteiger partial charge in [0, 0.05) is 41.6 Å². The highest BCUT2D eigenvalue weighted by Crippen LogP contribution is 2.32. The number of benzene rings is 1. The fourth-order valence-electron chi connectivity index (χ4n) is 4.45. The molecule has 1 aromatic heterocycles. The summed E-state index contributed by atoms with van der Waals surface area (Å²) >= 11 is 1.24. The van der Waals surface area contributed by atoms with Crippen LogP contribution in [0.3, 0.4) is 0 Å². The van der Waals surface area contributed by atoms with Crippen LogP contribution in [0.15, 0.2) is 34.5 Å². The lowest BCUT2D eigenvalue weighted by Gasteiger charge is -2.20. The topological polar surface area (TPSA) is 102 Å². The second-order valence-electron chi connectivity index (χ2n) is 8.92. The number of carbonyl (C=O) groups excluding carboxylic acids is 1. The largest absolute Gasteiger partial charge is 0.496 e.